The summed E-state index contributed by atoms with van der Waals surface area (Å²) in [4.78, 5) is 13.6. The number of thioether (sulfide) groups is 1. The van der Waals surface area contributed by atoms with Crippen LogP contribution in [-0.4, -0.2) is 26.5 Å². The Balaban J connectivity index is 1.43. The molecule has 4 rings (SSSR count). The number of anilines is 1. The summed E-state index contributed by atoms with van der Waals surface area (Å²) in [6, 6.07) is 11.8. The van der Waals surface area contributed by atoms with Gasteiger partial charge in [0.05, 0.1) is 11.3 Å². The smallest absolute Gasteiger partial charge is 0.235 e. The van der Waals surface area contributed by atoms with Gasteiger partial charge in [0.25, 0.3) is 0 Å². The molecule has 1 aliphatic carbocycles. The Kier molecular flexibility index (Phi) is 5.32. The SMILES string of the molecule is N#Cc1c(NC(=O)CSc2nnc(-c3ccccc3)n2N)sc2c1CCCC2. The van der Waals surface area contributed by atoms with Crippen molar-refractivity contribution in [2.24, 2.45) is 0 Å². The van der Waals surface area contributed by atoms with Crippen LogP contribution in [0.4, 0.5) is 5.00 Å². The maximum atomic E-state index is 12.4. The van der Waals surface area contributed by atoms with E-state index in [0.29, 0.717) is 21.5 Å². The van der Waals surface area contributed by atoms with Crippen molar-refractivity contribution in [1.82, 2.24) is 14.9 Å². The van der Waals surface area contributed by atoms with Gasteiger partial charge in [-0.05, 0) is 31.2 Å². The van der Waals surface area contributed by atoms with Gasteiger partial charge in [-0.25, -0.2) is 4.68 Å². The maximum absolute atomic E-state index is 12.4. The molecule has 0 saturated heterocycles. The molecular formula is C19H18N6OS2. The van der Waals surface area contributed by atoms with Gasteiger partial charge in [0.1, 0.15) is 11.1 Å². The van der Waals surface area contributed by atoms with Crippen molar-refractivity contribution >= 4 is 34.0 Å². The van der Waals surface area contributed by atoms with Crippen LogP contribution in [0, 0.1) is 11.3 Å². The number of nitrogens with zero attached hydrogens (tertiary/aromatic N) is 4. The monoisotopic (exact) mass is 410 g/mol. The largest absolute Gasteiger partial charge is 0.335 e. The van der Waals surface area contributed by atoms with E-state index < -0.39 is 0 Å². The van der Waals surface area contributed by atoms with Crippen molar-refractivity contribution in [2.75, 3.05) is 16.9 Å². The summed E-state index contributed by atoms with van der Waals surface area (Å²) in [6.45, 7) is 0. The van der Waals surface area contributed by atoms with Crippen LogP contribution in [0.5, 0.6) is 0 Å². The molecule has 0 spiro atoms. The van der Waals surface area contributed by atoms with E-state index in [1.807, 2.05) is 30.3 Å². The van der Waals surface area contributed by atoms with E-state index in [0.717, 1.165) is 36.8 Å². The van der Waals surface area contributed by atoms with Crippen molar-refractivity contribution in [1.29, 1.82) is 5.26 Å². The van der Waals surface area contributed by atoms with Crippen molar-refractivity contribution in [2.45, 2.75) is 30.8 Å². The summed E-state index contributed by atoms with van der Waals surface area (Å²) in [5.74, 6) is 6.57. The first-order valence-corrected chi connectivity index (χ1v) is 10.7. The Bertz CT molecular complexity index is 1050. The van der Waals surface area contributed by atoms with Crippen molar-refractivity contribution < 1.29 is 4.79 Å². The number of nitriles is 1. The lowest BCUT2D eigenvalue weighted by Gasteiger charge is -2.09. The summed E-state index contributed by atoms with van der Waals surface area (Å²) in [7, 11) is 0. The molecule has 1 amide bonds. The predicted molar refractivity (Wildman–Crippen MR) is 111 cm³/mol. The van der Waals surface area contributed by atoms with Gasteiger partial charge >= 0.3 is 0 Å². The summed E-state index contributed by atoms with van der Waals surface area (Å²) in [5, 5.41) is 21.7. The van der Waals surface area contributed by atoms with Crippen LogP contribution in [0.15, 0.2) is 35.5 Å². The number of carbonyl (C=O) groups is 1. The number of nitrogen functional groups attached to an aromatic ring is 1. The number of nitrogens with two attached hydrogens (primary N) is 1. The molecule has 0 fully saturated rings. The van der Waals surface area contributed by atoms with E-state index in [9.17, 15) is 10.1 Å². The average molecular weight is 411 g/mol. The summed E-state index contributed by atoms with van der Waals surface area (Å²) in [6.07, 6.45) is 4.13. The number of fused-ring (bicyclic) bond motifs is 1. The Morgan fingerprint density at radius 2 is 2.07 bits per heavy atom. The van der Waals surface area contributed by atoms with E-state index in [1.54, 1.807) is 0 Å². The molecule has 0 aliphatic heterocycles. The zero-order valence-corrected chi connectivity index (χ0v) is 16.6. The van der Waals surface area contributed by atoms with Crippen molar-refractivity contribution in [3.63, 3.8) is 0 Å². The molecule has 0 radical (unpaired) electrons. The van der Waals surface area contributed by atoms with Gasteiger partial charge in [0.2, 0.25) is 11.1 Å². The zero-order chi connectivity index (χ0) is 19.5. The van der Waals surface area contributed by atoms with Crippen LogP contribution in [0.1, 0.15) is 28.8 Å². The Hall–Kier alpha value is -2.83. The quantitative estimate of drug-likeness (QED) is 0.494. The van der Waals surface area contributed by atoms with Crippen LogP contribution < -0.4 is 11.2 Å². The second kappa shape index (κ2) is 8.04. The second-order valence-corrected chi connectivity index (χ2v) is 8.45. The molecule has 3 N–H and O–H groups in total. The molecule has 1 aromatic carbocycles. The number of thiophene rings is 1. The van der Waals surface area contributed by atoms with E-state index in [1.165, 1.54) is 32.7 Å². The normalized spacial score (nSPS) is 13.0. The van der Waals surface area contributed by atoms with Crippen molar-refractivity contribution in [3.8, 4) is 17.5 Å². The average Bonchev–Trinajstić information content (AvgIpc) is 3.26. The second-order valence-electron chi connectivity index (χ2n) is 6.41. The summed E-state index contributed by atoms with van der Waals surface area (Å²) >= 11 is 2.73. The molecule has 1 aliphatic rings. The number of nitrogens with one attached hydrogen (secondary N) is 1. The Morgan fingerprint density at radius 1 is 1.29 bits per heavy atom. The highest BCUT2D eigenvalue weighted by atomic mass is 32.2. The molecule has 28 heavy (non-hydrogen) atoms. The maximum Gasteiger partial charge on any atom is 0.235 e. The molecule has 0 atom stereocenters. The van der Waals surface area contributed by atoms with Gasteiger partial charge < -0.3 is 11.2 Å². The molecule has 3 aromatic rings. The van der Waals surface area contributed by atoms with Crippen LogP contribution in [0.2, 0.25) is 0 Å². The Morgan fingerprint density at radius 3 is 2.86 bits per heavy atom. The molecular weight excluding hydrogens is 392 g/mol. The minimum atomic E-state index is -0.190. The predicted octanol–water partition coefficient (Wildman–Crippen LogP) is 3.20. The topological polar surface area (TPSA) is 110 Å². The lowest BCUT2D eigenvalue weighted by atomic mass is 9.96. The fourth-order valence-electron chi connectivity index (χ4n) is 3.22. The minimum Gasteiger partial charge on any atom is -0.335 e. The lowest BCUT2D eigenvalue weighted by molar-refractivity contribution is -0.113. The summed E-state index contributed by atoms with van der Waals surface area (Å²) < 4.78 is 1.39. The van der Waals surface area contributed by atoms with Gasteiger partial charge in [-0.1, -0.05) is 42.1 Å². The van der Waals surface area contributed by atoms with Gasteiger partial charge in [0, 0.05) is 10.4 Å². The fourth-order valence-corrected chi connectivity index (χ4v) is 5.14. The summed E-state index contributed by atoms with van der Waals surface area (Å²) in [5.41, 5.74) is 2.58. The van der Waals surface area contributed by atoms with Gasteiger partial charge in [-0.15, -0.1) is 21.5 Å². The van der Waals surface area contributed by atoms with E-state index in [4.69, 9.17) is 5.84 Å². The third-order valence-electron chi connectivity index (χ3n) is 4.56. The highest BCUT2D eigenvalue weighted by Gasteiger charge is 2.22. The molecule has 9 heteroatoms. The number of hydrogen-bond acceptors (Lipinski definition) is 7. The first kappa shape index (κ1) is 18.5. The Labute approximate surface area is 170 Å². The fraction of sp³-hybridized carbons (Fsp3) is 0.263. The highest BCUT2D eigenvalue weighted by Crippen LogP contribution is 2.37. The van der Waals surface area contributed by atoms with Crippen LogP contribution in [0.3, 0.4) is 0 Å². The van der Waals surface area contributed by atoms with Gasteiger partial charge in [-0.2, -0.15) is 5.26 Å². The number of amides is 1. The molecule has 2 heterocycles. The molecule has 142 valence electrons. The number of hydrogen-bond donors (Lipinski definition) is 2. The number of aromatic nitrogens is 3. The molecule has 0 unspecified atom stereocenters. The number of aryl methyl sites for hydroxylation is 1. The third kappa shape index (κ3) is 3.61. The van der Waals surface area contributed by atoms with Crippen LogP contribution in [-0.2, 0) is 17.6 Å². The first-order valence-electron chi connectivity index (χ1n) is 8.90. The van der Waals surface area contributed by atoms with Gasteiger partial charge in [-0.3, -0.25) is 4.79 Å². The van der Waals surface area contributed by atoms with Gasteiger partial charge in [0.15, 0.2) is 5.82 Å². The van der Waals surface area contributed by atoms with E-state index >= 15 is 0 Å². The van der Waals surface area contributed by atoms with E-state index in [2.05, 4.69) is 21.6 Å². The van der Waals surface area contributed by atoms with Crippen LogP contribution >= 0.6 is 23.1 Å². The molecule has 0 bridgehead atoms. The zero-order valence-electron chi connectivity index (χ0n) is 15.0. The number of carbonyl (C=O) groups excluding carboxylic acids is 1. The number of rotatable bonds is 5. The standard InChI is InChI=1S/C19H18N6OS2/c20-10-14-13-8-4-5-9-15(13)28-18(14)22-16(26)11-27-19-24-23-17(25(19)21)12-6-2-1-3-7-12/h1-3,6-7H,4-5,8-9,11,21H2,(H,22,26). The molecule has 7 nitrogen and oxygen atoms in total. The third-order valence-corrected chi connectivity index (χ3v) is 6.72. The number of benzene rings is 1. The molecule has 0 saturated carbocycles. The van der Waals surface area contributed by atoms with Crippen LogP contribution in [0.25, 0.3) is 11.4 Å². The van der Waals surface area contributed by atoms with E-state index in [-0.39, 0.29) is 11.7 Å². The molecule has 2 aromatic heterocycles. The minimum absolute atomic E-state index is 0.136. The highest BCUT2D eigenvalue weighted by molar-refractivity contribution is 7.99. The van der Waals surface area contributed by atoms with Crippen molar-refractivity contribution in [3.05, 3.63) is 46.3 Å². The lowest BCUT2D eigenvalue weighted by Crippen LogP contribution is -2.16. The first-order chi connectivity index (χ1) is 13.7.